The SMILES string of the molecule is C=CC(=O)OCCCc1ccc(N2c3cc(-c4ccc5c(c4)N(c4ccc(CCCOC(=O)C=C)cc4)c4ccc(C)cc4C5(C)C)ccc3C(C)(C)c3cc(C)ccc32)cc1. The van der Waals surface area contributed by atoms with E-state index in [0.717, 1.165) is 48.2 Å². The Hall–Kier alpha value is -6.66. The summed E-state index contributed by atoms with van der Waals surface area (Å²) in [5.41, 5.74) is 18.7. The maximum Gasteiger partial charge on any atom is 0.330 e. The van der Waals surface area contributed by atoms with E-state index in [4.69, 9.17) is 9.47 Å². The summed E-state index contributed by atoms with van der Waals surface area (Å²) in [5, 5.41) is 0. The molecule has 8 rings (SSSR count). The van der Waals surface area contributed by atoms with Gasteiger partial charge >= 0.3 is 11.9 Å². The van der Waals surface area contributed by atoms with Crippen LogP contribution in [0, 0.1) is 13.8 Å². The topological polar surface area (TPSA) is 59.1 Å². The first-order valence-electron chi connectivity index (χ1n) is 21.7. The lowest BCUT2D eigenvalue weighted by Gasteiger charge is -2.43. The zero-order valence-corrected chi connectivity index (χ0v) is 36.9. The van der Waals surface area contributed by atoms with Crippen molar-refractivity contribution in [2.75, 3.05) is 23.0 Å². The second kappa shape index (κ2) is 17.0. The van der Waals surface area contributed by atoms with Crippen LogP contribution in [0.1, 0.15) is 85.0 Å². The Labute approximate surface area is 367 Å². The van der Waals surface area contributed by atoms with E-state index in [0.29, 0.717) is 13.2 Å². The van der Waals surface area contributed by atoms with Crippen molar-refractivity contribution in [1.29, 1.82) is 0 Å². The molecule has 0 saturated carbocycles. The molecule has 0 atom stereocenters. The van der Waals surface area contributed by atoms with Crippen LogP contribution in [0.5, 0.6) is 0 Å². The number of ether oxygens (including phenoxy) is 2. The molecule has 0 spiro atoms. The van der Waals surface area contributed by atoms with Gasteiger partial charge in [0, 0.05) is 34.4 Å². The first-order valence-corrected chi connectivity index (χ1v) is 21.7. The number of anilines is 6. The minimum absolute atomic E-state index is 0.227. The van der Waals surface area contributed by atoms with Gasteiger partial charge in [-0.1, -0.05) is 125 Å². The van der Waals surface area contributed by atoms with E-state index < -0.39 is 0 Å². The lowest BCUT2D eigenvalue weighted by molar-refractivity contribution is -0.138. The number of aryl methyl sites for hydroxylation is 4. The first-order chi connectivity index (χ1) is 29.8. The zero-order chi connectivity index (χ0) is 43.8. The molecule has 0 fully saturated rings. The lowest BCUT2D eigenvalue weighted by atomic mass is 9.72. The normalized spacial score (nSPS) is 14.2. The quantitative estimate of drug-likeness (QED) is 0.0657. The summed E-state index contributed by atoms with van der Waals surface area (Å²) in [7, 11) is 0. The second-order valence-corrected chi connectivity index (χ2v) is 17.7. The van der Waals surface area contributed by atoms with Gasteiger partial charge in [-0.3, -0.25) is 0 Å². The summed E-state index contributed by atoms with van der Waals surface area (Å²) in [4.78, 5) is 27.9. The summed E-state index contributed by atoms with van der Waals surface area (Å²) in [6.07, 6.45) is 5.52. The Kier molecular flexibility index (Phi) is 11.5. The Bertz CT molecular complexity index is 2500. The maximum absolute atomic E-state index is 11.5. The van der Waals surface area contributed by atoms with Gasteiger partial charge in [-0.25, -0.2) is 9.59 Å². The van der Waals surface area contributed by atoms with E-state index in [-0.39, 0.29) is 22.8 Å². The number of carbonyl (C=O) groups is 2. The molecule has 6 nitrogen and oxygen atoms in total. The molecule has 0 bridgehead atoms. The minimum atomic E-state index is -0.387. The van der Waals surface area contributed by atoms with E-state index in [1.54, 1.807) is 0 Å². The summed E-state index contributed by atoms with van der Waals surface area (Å²) >= 11 is 0. The van der Waals surface area contributed by atoms with Gasteiger partial charge in [-0.2, -0.15) is 0 Å². The van der Waals surface area contributed by atoms with Crippen molar-refractivity contribution >= 4 is 46.1 Å². The average Bonchev–Trinajstić information content (AvgIpc) is 3.27. The molecule has 62 heavy (non-hydrogen) atoms. The highest BCUT2D eigenvalue weighted by Crippen LogP contribution is 2.55. The first kappa shape index (κ1) is 42.0. The lowest BCUT2D eigenvalue weighted by Crippen LogP contribution is -2.31. The molecular formula is C56H56N2O4. The van der Waals surface area contributed by atoms with E-state index in [1.165, 1.54) is 79.4 Å². The van der Waals surface area contributed by atoms with Gasteiger partial charge in [0.2, 0.25) is 0 Å². The van der Waals surface area contributed by atoms with E-state index in [1.807, 2.05) is 0 Å². The Morgan fingerprint density at radius 3 is 1.26 bits per heavy atom. The number of esters is 2. The van der Waals surface area contributed by atoms with E-state index >= 15 is 0 Å². The third-order valence-corrected chi connectivity index (χ3v) is 12.7. The van der Waals surface area contributed by atoms with Crippen molar-refractivity contribution in [2.24, 2.45) is 0 Å². The Morgan fingerprint density at radius 2 is 0.887 bits per heavy atom. The van der Waals surface area contributed by atoms with Crippen LogP contribution in [0.15, 0.2) is 147 Å². The molecular weight excluding hydrogens is 765 g/mol. The summed E-state index contributed by atoms with van der Waals surface area (Å²) < 4.78 is 10.4. The second-order valence-electron chi connectivity index (χ2n) is 17.7. The minimum Gasteiger partial charge on any atom is -0.463 e. The van der Waals surface area contributed by atoms with Crippen LogP contribution in [0.25, 0.3) is 11.1 Å². The van der Waals surface area contributed by atoms with Crippen LogP contribution in [-0.2, 0) is 42.7 Å². The molecule has 0 N–H and O–H groups in total. The number of hydrogen-bond donors (Lipinski definition) is 0. The molecule has 0 aliphatic carbocycles. The van der Waals surface area contributed by atoms with Crippen molar-refractivity contribution in [3.63, 3.8) is 0 Å². The van der Waals surface area contributed by atoms with Crippen molar-refractivity contribution in [2.45, 2.75) is 78.1 Å². The number of carbonyl (C=O) groups excluding carboxylic acids is 2. The van der Waals surface area contributed by atoms with Crippen LogP contribution < -0.4 is 9.80 Å². The van der Waals surface area contributed by atoms with Crippen molar-refractivity contribution in [1.82, 2.24) is 0 Å². The molecule has 0 unspecified atom stereocenters. The number of hydrogen-bond acceptors (Lipinski definition) is 6. The van der Waals surface area contributed by atoms with Gasteiger partial charge in [0.05, 0.1) is 36.0 Å². The van der Waals surface area contributed by atoms with Crippen molar-refractivity contribution in [3.05, 3.63) is 191 Å². The zero-order valence-electron chi connectivity index (χ0n) is 36.9. The molecule has 0 saturated heterocycles. The van der Waals surface area contributed by atoms with Crippen LogP contribution in [-0.4, -0.2) is 25.2 Å². The maximum atomic E-state index is 11.5. The monoisotopic (exact) mass is 820 g/mol. The third-order valence-electron chi connectivity index (χ3n) is 12.7. The van der Waals surface area contributed by atoms with Crippen LogP contribution in [0.2, 0.25) is 0 Å². The molecule has 2 aliphatic rings. The predicted molar refractivity (Wildman–Crippen MR) is 254 cm³/mol. The molecule has 6 aromatic rings. The number of nitrogens with zero attached hydrogens (tertiary/aromatic N) is 2. The molecule has 6 heteroatoms. The van der Waals surface area contributed by atoms with Crippen LogP contribution in [0.4, 0.5) is 34.1 Å². The third kappa shape index (κ3) is 7.98. The highest BCUT2D eigenvalue weighted by atomic mass is 16.5. The number of rotatable bonds is 13. The van der Waals surface area contributed by atoms with E-state index in [2.05, 4.69) is 186 Å². The molecule has 0 radical (unpaired) electrons. The summed E-state index contributed by atoms with van der Waals surface area (Å²) in [5.74, 6) is -0.774. The van der Waals surface area contributed by atoms with Gasteiger partial charge in [0.1, 0.15) is 0 Å². The number of benzene rings is 6. The fraction of sp³-hybridized carbons (Fsp3) is 0.250. The van der Waals surface area contributed by atoms with Gasteiger partial charge in [-0.15, -0.1) is 0 Å². The fourth-order valence-electron chi connectivity index (χ4n) is 9.29. The molecule has 2 aliphatic heterocycles. The molecule has 0 aromatic heterocycles. The van der Waals surface area contributed by atoms with Gasteiger partial charge < -0.3 is 19.3 Å². The molecule has 0 amide bonds. The fourth-order valence-corrected chi connectivity index (χ4v) is 9.29. The highest BCUT2D eigenvalue weighted by molar-refractivity contribution is 5.91. The molecule has 6 aromatic carbocycles. The average molecular weight is 821 g/mol. The highest BCUT2D eigenvalue weighted by Gasteiger charge is 2.39. The summed E-state index contributed by atoms with van der Waals surface area (Å²) in [6.45, 7) is 21.4. The molecule has 2 heterocycles. The predicted octanol–water partition coefficient (Wildman–Crippen LogP) is 13.5. The van der Waals surface area contributed by atoms with Crippen molar-refractivity contribution < 1.29 is 19.1 Å². The van der Waals surface area contributed by atoms with Crippen LogP contribution in [0.3, 0.4) is 0 Å². The Balaban J connectivity index is 1.18. The standard InChI is InChI=1S/C56H56N2O4/c1-9-53(59)61-31-11-13-39-17-23-43(24-18-39)57-49-29-15-37(3)33-47(49)55(5,6)45-27-21-41(35-51(45)57)42-22-28-46-52(36-42)58(50-30-16-38(4)34-48(50)56(46,7)8)44-25-19-40(20-26-44)14-12-32-62-54(60)10-2/h9-10,15-30,33-36H,1-2,11-14,31-32H2,3-8H3. The van der Waals surface area contributed by atoms with Gasteiger partial charge in [-0.05, 0) is 133 Å². The smallest absolute Gasteiger partial charge is 0.330 e. The van der Waals surface area contributed by atoms with Crippen molar-refractivity contribution in [3.8, 4) is 11.1 Å². The van der Waals surface area contributed by atoms with Gasteiger partial charge in [0.25, 0.3) is 0 Å². The van der Waals surface area contributed by atoms with Gasteiger partial charge in [0.15, 0.2) is 0 Å². The Morgan fingerprint density at radius 1 is 0.500 bits per heavy atom. The van der Waals surface area contributed by atoms with Crippen LogP contribution >= 0.6 is 0 Å². The summed E-state index contributed by atoms with van der Waals surface area (Å²) in [6, 6.07) is 45.2. The van der Waals surface area contributed by atoms with E-state index in [9.17, 15) is 9.59 Å². The number of fused-ring (bicyclic) bond motifs is 4. The molecule has 314 valence electrons. The largest absolute Gasteiger partial charge is 0.463 e.